The van der Waals surface area contributed by atoms with E-state index in [1.54, 1.807) is 0 Å². The Hall–Kier alpha value is -3.03. The van der Waals surface area contributed by atoms with Crippen LogP contribution in [-0.4, -0.2) is 36.7 Å². The lowest BCUT2D eigenvalue weighted by Gasteiger charge is -2.39. The monoisotopic (exact) mass is 446 g/mol. The van der Waals surface area contributed by atoms with E-state index in [9.17, 15) is 4.79 Å². The molecule has 6 nitrogen and oxygen atoms in total. The van der Waals surface area contributed by atoms with Crippen LogP contribution in [0.15, 0.2) is 91.0 Å². The average Bonchev–Trinajstić information content (AvgIpc) is 3.20. The molecule has 0 radical (unpaired) electrons. The van der Waals surface area contributed by atoms with Crippen molar-refractivity contribution in [1.29, 1.82) is 0 Å². The molecule has 3 aromatic carbocycles. The molecular formula is C27H26O6. The highest BCUT2D eigenvalue weighted by Gasteiger charge is 2.57. The van der Waals surface area contributed by atoms with Gasteiger partial charge in [-0.1, -0.05) is 91.0 Å². The van der Waals surface area contributed by atoms with Crippen LogP contribution in [0, 0.1) is 0 Å². The van der Waals surface area contributed by atoms with E-state index in [1.165, 1.54) is 0 Å². The first-order chi connectivity index (χ1) is 16.3. The average molecular weight is 446 g/mol. The smallest absolute Gasteiger partial charge is 0.340 e. The zero-order chi connectivity index (χ0) is 22.5. The van der Waals surface area contributed by atoms with Gasteiger partial charge < -0.3 is 23.7 Å². The van der Waals surface area contributed by atoms with Crippen molar-refractivity contribution in [2.75, 3.05) is 0 Å². The molecule has 0 saturated carbocycles. The van der Waals surface area contributed by atoms with E-state index >= 15 is 0 Å². The van der Waals surface area contributed by atoms with Crippen LogP contribution in [0.5, 0.6) is 0 Å². The Labute approximate surface area is 193 Å². The summed E-state index contributed by atoms with van der Waals surface area (Å²) >= 11 is 0. The van der Waals surface area contributed by atoms with Crippen molar-refractivity contribution in [2.45, 2.75) is 50.5 Å². The standard InChI is InChI=1S/C27H26O6/c28-26-24-22(29-16-19-10-4-1-5-11-19)23(30-17-20-12-6-2-7-13-20)25(27(32-24)33-26)31-18-21-14-8-3-9-15-21/h1-15,22-25,27H,16-18H2/t22-,23-,24-,25+,27-/m0/s1. The molecule has 2 heterocycles. The van der Waals surface area contributed by atoms with E-state index in [2.05, 4.69) is 0 Å². The fourth-order valence-corrected chi connectivity index (χ4v) is 4.12. The first kappa shape index (κ1) is 21.8. The van der Waals surface area contributed by atoms with Gasteiger partial charge in [0.05, 0.1) is 19.8 Å². The van der Waals surface area contributed by atoms with Crippen LogP contribution in [0.1, 0.15) is 16.7 Å². The van der Waals surface area contributed by atoms with Gasteiger partial charge in [0.25, 0.3) is 0 Å². The second-order valence-corrected chi connectivity index (χ2v) is 8.15. The van der Waals surface area contributed by atoms with Gasteiger partial charge >= 0.3 is 5.97 Å². The molecule has 5 rings (SSSR count). The van der Waals surface area contributed by atoms with Gasteiger partial charge in [-0.2, -0.15) is 0 Å². The van der Waals surface area contributed by atoms with Gasteiger partial charge in [0.1, 0.15) is 18.3 Å². The molecule has 6 heteroatoms. The molecule has 2 aliphatic heterocycles. The van der Waals surface area contributed by atoms with E-state index in [0.29, 0.717) is 19.8 Å². The number of carbonyl (C=O) groups excluding carboxylic acids is 1. The lowest BCUT2D eigenvalue weighted by Crippen LogP contribution is -2.57. The number of rotatable bonds is 9. The zero-order valence-electron chi connectivity index (χ0n) is 18.1. The first-order valence-electron chi connectivity index (χ1n) is 11.1. The van der Waals surface area contributed by atoms with Crippen LogP contribution in [0.3, 0.4) is 0 Å². The number of fused-ring (bicyclic) bond motifs is 2. The maximum atomic E-state index is 12.6. The summed E-state index contributed by atoms with van der Waals surface area (Å²) in [5, 5.41) is 0. The van der Waals surface area contributed by atoms with Gasteiger partial charge in [0, 0.05) is 0 Å². The highest BCUT2D eigenvalue weighted by atomic mass is 16.8. The highest BCUT2D eigenvalue weighted by molar-refractivity contribution is 5.77. The number of carbonyl (C=O) groups is 1. The Morgan fingerprint density at radius 1 is 0.576 bits per heavy atom. The first-order valence-corrected chi connectivity index (χ1v) is 11.1. The minimum Gasteiger partial charge on any atom is -0.431 e. The van der Waals surface area contributed by atoms with Crippen LogP contribution in [-0.2, 0) is 48.3 Å². The quantitative estimate of drug-likeness (QED) is 0.463. The van der Waals surface area contributed by atoms with Crippen molar-refractivity contribution in [3.8, 4) is 0 Å². The molecule has 3 aromatic rings. The molecule has 2 fully saturated rings. The third-order valence-electron chi connectivity index (χ3n) is 5.82. The van der Waals surface area contributed by atoms with E-state index in [1.807, 2.05) is 91.0 Å². The summed E-state index contributed by atoms with van der Waals surface area (Å²) in [5.41, 5.74) is 3.02. The molecule has 2 aliphatic rings. The summed E-state index contributed by atoms with van der Waals surface area (Å²) < 4.78 is 30.2. The predicted octanol–water partition coefficient (Wildman–Crippen LogP) is 4.02. The van der Waals surface area contributed by atoms with Crippen LogP contribution < -0.4 is 0 Å². The molecule has 0 spiro atoms. The van der Waals surface area contributed by atoms with Gasteiger partial charge in [-0.3, -0.25) is 0 Å². The molecule has 170 valence electrons. The molecule has 0 unspecified atom stereocenters. The fraction of sp³-hybridized carbons (Fsp3) is 0.296. The second kappa shape index (κ2) is 10.3. The van der Waals surface area contributed by atoms with Gasteiger partial charge in [0.15, 0.2) is 6.10 Å². The van der Waals surface area contributed by atoms with Crippen molar-refractivity contribution in [3.05, 3.63) is 108 Å². The highest BCUT2D eigenvalue weighted by Crippen LogP contribution is 2.35. The number of ether oxygens (including phenoxy) is 5. The fourth-order valence-electron chi connectivity index (χ4n) is 4.12. The van der Waals surface area contributed by atoms with Crippen LogP contribution in [0.2, 0.25) is 0 Å². The summed E-state index contributed by atoms with van der Waals surface area (Å²) in [5.74, 6) is -0.447. The van der Waals surface area contributed by atoms with E-state index in [-0.39, 0.29) is 0 Å². The van der Waals surface area contributed by atoms with E-state index in [4.69, 9.17) is 23.7 Å². The molecule has 0 aromatic heterocycles. The van der Waals surface area contributed by atoms with Gasteiger partial charge in [-0.05, 0) is 16.7 Å². The van der Waals surface area contributed by atoms with Crippen LogP contribution >= 0.6 is 0 Å². The summed E-state index contributed by atoms with van der Waals surface area (Å²) in [6.45, 7) is 1.01. The zero-order valence-corrected chi connectivity index (χ0v) is 18.1. The van der Waals surface area contributed by atoms with Crippen molar-refractivity contribution in [1.82, 2.24) is 0 Å². The molecular weight excluding hydrogens is 420 g/mol. The van der Waals surface area contributed by atoms with Crippen molar-refractivity contribution in [2.24, 2.45) is 0 Å². The Morgan fingerprint density at radius 3 is 1.48 bits per heavy atom. The Bertz CT molecular complexity index is 1030. The van der Waals surface area contributed by atoms with Crippen molar-refractivity contribution in [3.63, 3.8) is 0 Å². The number of hydrogen-bond acceptors (Lipinski definition) is 6. The maximum absolute atomic E-state index is 12.6. The molecule has 2 bridgehead atoms. The predicted molar refractivity (Wildman–Crippen MR) is 120 cm³/mol. The molecule has 5 atom stereocenters. The summed E-state index contributed by atoms with van der Waals surface area (Å²) in [6, 6.07) is 29.5. The van der Waals surface area contributed by atoms with E-state index < -0.39 is 36.7 Å². The molecule has 0 aliphatic carbocycles. The largest absolute Gasteiger partial charge is 0.431 e. The van der Waals surface area contributed by atoms with Crippen LogP contribution in [0.4, 0.5) is 0 Å². The minimum absolute atomic E-state index is 0.319. The molecule has 0 N–H and O–H groups in total. The maximum Gasteiger partial charge on any atom is 0.340 e. The normalized spacial score (nSPS) is 26.2. The summed E-state index contributed by atoms with van der Waals surface area (Å²) in [4.78, 5) is 12.6. The van der Waals surface area contributed by atoms with Gasteiger partial charge in [0.2, 0.25) is 6.29 Å². The van der Waals surface area contributed by atoms with Crippen LogP contribution in [0.25, 0.3) is 0 Å². The Morgan fingerprint density at radius 2 is 1.00 bits per heavy atom. The molecule has 33 heavy (non-hydrogen) atoms. The van der Waals surface area contributed by atoms with E-state index in [0.717, 1.165) is 16.7 Å². The Kier molecular flexibility index (Phi) is 6.79. The van der Waals surface area contributed by atoms with Crippen molar-refractivity contribution < 1.29 is 28.5 Å². The molecule has 2 saturated heterocycles. The lowest BCUT2D eigenvalue weighted by molar-refractivity contribution is -0.268. The number of esters is 1. The lowest BCUT2D eigenvalue weighted by atomic mass is 9.99. The van der Waals surface area contributed by atoms with Gasteiger partial charge in [-0.15, -0.1) is 0 Å². The topological polar surface area (TPSA) is 63.2 Å². The third kappa shape index (κ3) is 5.15. The second-order valence-electron chi connectivity index (χ2n) is 8.15. The van der Waals surface area contributed by atoms with Crippen molar-refractivity contribution >= 4 is 5.97 Å². The minimum atomic E-state index is -0.851. The summed E-state index contributed by atoms with van der Waals surface area (Å²) in [6.07, 6.45) is -3.52. The molecule has 0 amide bonds. The number of hydrogen-bond donors (Lipinski definition) is 0. The summed E-state index contributed by atoms with van der Waals surface area (Å²) in [7, 11) is 0. The SMILES string of the molecule is O=C1O[C@@H]2O[C@H]1[C@@H](OCc1ccccc1)[C@H](OCc1ccccc1)[C@H]2OCc1ccccc1. The van der Waals surface area contributed by atoms with Gasteiger partial charge in [-0.25, -0.2) is 4.79 Å². The Balaban J connectivity index is 1.37. The third-order valence-corrected chi connectivity index (χ3v) is 5.82. The number of benzene rings is 3.